The van der Waals surface area contributed by atoms with Crippen LogP contribution in [0.2, 0.25) is 0 Å². The molecular formula is C67H45N5. The second kappa shape index (κ2) is 16.0. The van der Waals surface area contributed by atoms with Gasteiger partial charge in [0.15, 0.2) is 0 Å². The lowest BCUT2D eigenvalue weighted by Gasteiger charge is -2.29. The standard InChI is InChI=1S/C67H45N5/c1-2-20-45(21-3-1)44-68(46-38-48(69-60-30-12-4-22-52(60)53-23-5-13-31-61(53)69)42-49(39-46)70-62-32-14-6-24-54(62)55-25-7-15-33-63(55)70)47-40-50(71-64-34-16-8-26-56(64)57-27-9-17-35-65(57)71)43-51(41-47)72-66-36-18-10-28-58(66)59-29-11-19-37-67(59)72/h1-43H,44H2. The highest BCUT2D eigenvalue weighted by atomic mass is 15.2. The Morgan fingerprint density at radius 3 is 0.667 bits per heavy atom. The van der Waals surface area contributed by atoms with E-state index in [1.165, 1.54) is 92.8 Å². The van der Waals surface area contributed by atoms with Crippen molar-refractivity contribution in [3.8, 4) is 22.7 Å². The van der Waals surface area contributed by atoms with Crippen molar-refractivity contribution in [2.45, 2.75) is 6.54 Å². The molecule has 338 valence electrons. The van der Waals surface area contributed by atoms with Gasteiger partial charge in [0.2, 0.25) is 0 Å². The molecule has 15 rings (SSSR count). The number of nitrogens with zero attached hydrogens (tertiary/aromatic N) is 5. The Hall–Kier alpha value is -9.58. The minimum absolute atomic E-state index is 0.618. The topological polar surface area (TPSA) is 23.0 Å². The van der Waals surface area contributed by atoms with E-state index < -0.39 is 0 Å². The number of hydrogen-bond donors (Lipinski definition) is 0. The fourth-order valence-corrected chi connectivity index (χ4v) is 11.9. The molecule has 0 amide bonds. The van der Waals surface area contributed by atoms with Crippen molar-refractivity contribution in [2.75, 3.05) is 4.90 Å². The van der Waals surface area contributed by atoms with Gasteiger partial charge in [-0.2, -0.15) is 0 Å². The van der Waals surface area contributed by atoms with Gasteiger partial charge in [0.1, 0.15) is 0 Å². The fraction of sp³-hybridized carbons (Fsp3) is 0.0149. The van der Waals surface area contributed by atoms with E-state index in [1.54, 1.807) is 0 Å². The SMILES string of the molecule is c1ccc(CN(c2cc(-n3c4ccccc4c4ccccc43)cc(-n3c4ccccc4c4ccccc43)c2)c2cc(-n3c4ccccc4c4ccccc43)cc(-n3c4ccccc4c4ccccc43)c2)cc1. The molecule has 4 aromatic heterocycles. The van der Waals surface area contributed by atoms with Gasteiger partial charge in [0, 0.05) is 61.0 Å². The summed E-state index contributed by atoms with van der Waals surface area (Å²) in [5, 5.41) is 9.84. The van der Waals surface area contributed by atoms with E-state index in [2.05, 4.69) is 284 Å². The smallest absolute Gasteiger partial charge is 0.0541 e. The van der Waals surface area contributed by atoms with Crippen LogP contribution in [0, 0.1) is 0 Å². The Bertz CT molecular complexity index is 3870. The van der Waals surface area contributed by atoms with Crippen molar-refractivity contribution in [3.05, 3.63) is 266 Å². The molecule has 0 N–H and O–H groups in total. The first-order valence-corrected chi connectivity index (χ1v) is 24.8. The summed E-state index contributed by atoms with van der Waals surface area (Å²) in [6.45, 7) is 0.618. The van der Waals surface area contributed by atoms with Crippen LogP contribution in [0.4, 0.5) is 11.4 Å². The summed E-state index contributed by atoms with van der Waals surface area (Å²) >= 11 is 0. The largest absolute Gasteiger partial charge is 0.337 e. The van der Waals surface area contributed by atoms with Gasteiger partial charge in [-0.15, -0.1) is 0 Å². The van der Waals surface area contributed by atoms with Gasteiger partial charge >= 0.3 is 0 Å². The number of fused-ring (bicyclic) bond motifs is 12. The van der Waals surface area contributed by atoms with Crippen molar-refractivity contribution in [1.82, 2.24) is 18.3 Å². The molecule has 0 saturated carbocycles. The van der Waals surface area contributed by atoms with Crippen LogP contribution in [0.15, 0.2) is 261 Å². The first kappa shape index (κ1) is 40.3. The number of para-hydroxylation sites is 8. The molecule has 5 heteroatoms. The molecule has 0 aliphatic carbocycles. The predicted octanol–water partition coefficient (Wildman–Crippen LogP) is 17.4. The molecule has 0 saturated heterocycles. The van der Waals surface area contributed by atoms with Gasteiger partial charge in [-0.25, -0.2) is 0 Å². The molecular weight excluding hydrogens is 875 g/mol. The maximum Gasteiger partial charge on any atom is 0.0541 e. The lowest BCUT2D eigenvalue weighted by Crippen LogP contribution is -2.18. The quantitative estimate of drug-likeness (QED) is 0.149. The average Bonchev–Trinajstić information content (AvgIpc) is 4.18. The summed E-state index contributed by atoms with van der Waals surface area (Å²) in [6, 6.07) is 96.0. The van der Waals surface area contributed by atoms with Crippen LogP contribution < -0.4 is 4.90 Å². The van der Waals surface area contributed by atoms with Gasteiger partial charge in [-0.1, -0.05) is 176 Å². The van der Waals surface area contributed by atoms with Crippen LogP contribution in [0.1, 0.15) is 5.56 Å². The van der Waals surface area contributed by atoms with Crippen molar-refractivity contribution >= 4 is 98.6 Å². The Morgan fingerprint density at radius 2 is 0.431 bits per heavy atom. The molecule has 5 nitrogen and oxygen atoms in total. The summed E-state index contributed by atoms with van der Waals surface area (Å²) in [6.07, 6.45) is 0. The van der Waals surface area contributed by atoms with Crippen molar-refractivity contribution in [1.29, 1.82) is 0 Å². The normalized spacial score (nSPS) is 11.9. The first-order valence-electron chi connectivity index (χ1n) is 24.8. The highest BCUT2D eigenvalue weighted by Gasteiger charge is 2.23. The summed E-state index contributed by atoms with van der Waals surface area (Å²) in [5.41, 5.74) is 17.0. The van der Waals surface area contributed by atoms with E-state index in [9.17, 15) is 0 Å². The number of aromatic nitrogens is 4. The van der Waals surface area contributed by atoms with Crippen LogP contribution in [-0.2, 0) is 6.54 Å². The number of hydrogen-bond acceptors (Lipinski definition) is 1. The summed E-state index contributed by atoms with van der Waals surface area (Å²) in [5.74, 6) is 0. The zero-order valence-corrected chi connectivity index (χ0v) is 39.3. The highest BCUT2D eigenvalue weighted by Crippen LogP contribution is 2.43. The van der Waals surface area contributed by atoms with Crippen LogP contribution in [0.25, 0.3) is 110 Å². The number of rotatable bonds is 8. The minimum Gasteiger partial charge on any atom is -0.337 e. The highest BCUT2D eigenvalue weighted by molar-refractivity contribution is 6.13. The third-order valence-corrected chi connectivity index (χ3v) is 14.9. The van der Waals surface area contributed by atoms with E-state index in [0.29, 0.717) is 6.54 Å². The molecule has 0 unspecified atom stereocenters. The van der Waals surface area contributed by atoms with Gasteiger partial charge in [-0.3, -0.25) is 0 Å². The molecule has 0 spiro atoms. The third kappa shape index (κ3) is 6.14. The zero-order valence-electron chi connectivity index (χ0n) is 39.3. The fourth-order valence-electron chi connectivity index (χ4n) is 11.9. The Balaban J connectivity index is 1.07. The lowest BCUT2D eigenvalue weighted by molar-refractivity contribution is 0.965. The van der Waals surface area contributed by atoms with Gasteiger partial charge < -0.3 is 23.2 Å². The van der Waals surface area contributed by atoms with Crippen molar-refractivity contribution < 1.29 is 0 Å². The van der Waals surface area contributed by atoms with E-state index in [-0.39, 0.29) is 0 Å². The van der Waals surface area contributed by atoms with Crippen molar-refractivity contribution in [2.24, 2.45) is 0 Å². The summed E-state index contributed by atoms with van der Waals surface area (Å²) in [7, 11) is 0. The van der Waals surface area contributed by atoms with Crippen LogP contribution in [-0.4, -0.2) is 18.3 Å². The summed E-state index contributed by atoms with van der Waals surface area (Å²) in [4.78, 5) is 2.54. The Labute approximate surface area is 415 Å². The molecule has 72 heavy (non-hydrogen) atoms. The predicted molar refractivity (Wildman–Crippen MR) is 303 cm³/mol. The molecule has 0 radical (unpaired) electrons. The maximum atomic E-state index is 2.54. The van der Waals surface area contributed by atoms with E-state index >= 15 is 0 Å². The molecule has 0 fully saturated rings. The molecule has 0 atom stereocenters. The second-order valence-electron chi connectivity index (χ2n) is 19.0. The third-order valence-electron chi connectivity index (χ3n) is 14.9. The average molecular weight is 920 g/mol. The van der Waals surface area contributed by atoms with E-state index in [1.807, 2.05) is 0 Å². The molecule has 0 aliphatic heterocycles. The van der Waals surface area contributed by atoms with Crippen molar-refractivity contribution in [3.63, 3.8) is 0 Å². The van der Waals surface area contributed by atoms with Crippen LogP contribution in [0.3, 0.4) is 0 Å². The number of anilines is 2. The van der Waals surface area contributed by atoms with E-state index in [0.717, 1.165) is 34.1 Å². The zero-order chi connectivity index (χ0) is 47.3. The molecule has 0 bridgehead atoms. The van der Waals surface area contributed by atoms with Crippen LogP contribution in [0.5, 0.6) is 0 Å². The van der Waals surface area contributed by atoms with Gasteiger partial charge in [-0.05, 0) is 90.5 Å². The molecule has 11 aromatic carbocycles. The van der Waals surface area contributed by atoms with E-state index in [4.69, 9.17) is 0 Å². The molecule has 15 aromatic rings. The summed E-state index contributed by atoms with van der Waals surface area (Å²) < 4.78 is 9.85. The minimum atomic E-state index is 0.618. The number of benzene rings is 11. The lowest BCUT2D eigenvalue weighted by atomic mass is 10.1. The Morgan fingerprint density at radius 1 is 0.222 bits per heavy atom. The molecule has 0 aliphatic rings. The van der Waals surface area contributed by atoms with Gasteiger partial charge in [0.05, 0.1) is 66.9 Å². The first-order chi connectivity index (χ1) is 35.7. The molecule has 4 heterocycles. The Kier molecular flexibility index (Phi) is 8.95. The van der Waals surface area contributed by atoms with Crippen LogP contribution >= 0.6 is 0 Å². The maximum absolute atomic E-state index is 2.54. The monoisotopic (exact) mass is 919 g/mol. The second-order valence-corrected chi connectivity index (χ2v) is 19.0. The van der Waals surface area contributed by atoms with Gasteiger partial charge in [0.25, 0.3) is 0 Å².